The highest BCUT2D eigenvalue weighted by Gasteiger charge is 2.30. The van der Waals surface area contributed by atoms with Gasteiger partial charge in [0.25, 0.3) is 0 Å². The largest absolute Gasteiger partial charge is 0.484 e. The van der Waals surface area contributed by atoms with Crippen LogP contribution in [0.5, 0.6) is 5.75 Å². The number of quaternary nitrogens is 1. The summed E-state index contributed by atoms with van der Waals surface area (Å²) in [4.78, 5) is 1.57. The van der Waals surface area contributed by atoms with E-state index in [4.69, 9.17) is 33.7 Å². The third-order valence-electron chi connectivity index (χ3n) is 5.40. The quantitative estimate of drug-likeness (QED) is 0.765. The number of ether oxygens (including phenoxy) is 1. The van der Waals surface area contributed by atoms with Gasteiger partial charge >= 0.3 is 0 Å². The number of hydrogen-bond donors (Lipinski definition) is 1. The molecular weight excluding hydrogens is 368 g/mol. The molecule has 0 unspecified atom stereocenters. The van der Waals surface area contributed by atoms with E-state index in [1.807, 2.05) is 28.9 Å². The van der Waals surface area contributed by atoms with Crippen molar-refractivity contribution >= 4 is 23.8 Å². The van der Waals surface area contributed by atoms with Crippen LogP contribution in [0.1, 0.15) is 44.5 Å². The summed E-state index contributed by atoms with van der Waals surface area (Å²) in [7, 11) is 0. The molecule has 1 aromatic heterocycles. The fourth-order valence-electron chi connectivity index (χ4n) is 3.61. The van der Waals surface area contributed by atoms with Crippen molar-refractivity contribution in [3.63, 3.8) is 0 Å². The summed E-state index contributed by atoms with van der Waals surface area (Å²) in [6.45, 7) is 5.98. The van der Waals surface area contributed by atoms with Gasteiger partial charge in [-0.25, -0.2) is 0 Å². The Morgan fingerprint density at radius 3 is 2.65 bits per heavy atom. The topological polar surface area (TPSA) is 36.4 Å². The number of piperidine rings is 1. The van der Waals surface area contributed by atoms with E-state index in [9.17, 15) is 0 Å². The van der Waals surface area contributed by atoms with E-state index in [0.29, 0.717) is 23.4 Å². The smallest absolute Gasteiger partial charge is 0.203 e. The van der Waals surface area contributed by atoms with E-state index in [-0.39, 0.29) is 0 Å². The molecule has 2 heterocycles. The molecule has 1 N–H and O–H groups in total. The molecule has 0 spiro atoms. The highest BCUT2D eigenvalue weighted by molar-refractivity contribution is 7.71. The van der Waals surface area contributed by atoms with E-state index in [2.05, 4.69) is 11.5 Å². The minimum Gasteiger partial charge on any atom is -0.484 e. The molecule has 0 radical (unpaired) electrons. The monoisotopic (exact) mass is 393 g/mol. The molecule has 26 heavy (non-hydrogen) atoms. The van der Waals surface area contributed by atoms with Crippen molar-refractivity contribution in [2.45, 2.75) is 51.9 Å². The summed E-state index contributed by atoms with van der Waals surface area (Å²) < 4.78 is 11.0. The number of benzene rings is 1. The van der Waals surface area contributed by atoms with Crippen LogP contribution in [-0.2, 0) is 13.3 Å². The van der Waals surface area contributed by atoms with Crippen LogP contribution in [0.3, 0.4) is 0 Å². The fourth-order valence-corrected chi connectivity index (χ4v) is 4.16. The third kappa shape index (κ3) is 3.97. The van der Waals surface area contributed by atoms with Crippen molar-refractivity contribution in [2.75, 3.05) is 13.1 Å². The van der Waals surface area contributed by atoms with E-state index in [0.717, 1.165) is 23.2 Å². The van der Waals surface area contributed by atoms with Crippen molar-refractivity contribution < 1.29 is 9.64 Å². The summed E-state index contributed by atoms with van der Waals surface area (Å²) >= 11 is 11.9. The van der Waals surface area contributed by atoms with Crippen molar-refractivity contribution in [1.29, 1.82) is 0 Å². The number of nitrogens with one attached hydrogen (secondary N) is 1. The summed E-state index contributed by atoms with van der Waals surface area (Å²) in [5, 5.41) is 5.44. The van der Waals surface area contributed by atoms with E-state index in [1.165, 1.54) is 38.8 Å². The van der Waals surface area contributed by atoms with Gasteiger partial charge in [-0.1, -0.05) is 30.7 Å². The lowest BCUT2D eigenvalue weighted by molar-refractivity contribution is -0.929. The van der Waals surface area contributed by atoms with E-state index < -0.39 is 0 Å². The van der Waals surface area contributed by atoms with Crippen LogP contribution in [0.2, 0.25) is 5.02 Å². The summed E-state index contributed by atoms with van der Waals surface area (Å²) in [5.41, 5.74) is 0. The van der Waals surface area contributed by atoms with Gasteiger partial charge in [0.1, 0.15) is 12.4 Å². The molecule has 1 aliphatic heterocycles. The zero-order valence-electron chi connectivity index (χ0n) is 15.2. The second-order valence-corrected chi connectivity index (χ2v) is 8.38. The van der Waals surface area contributed by atoms with Gasteiger partial charge in [-0.05, 0) is 56.0 Å². The first-order valence-corrected chi connectivity index (χ1v) is 10.3. The van der Waals surface area contributed by atoms with Crippen LogP contribution < -0.4 is 9.64 Å². The van der Waals surface area contributed by atoms with Crippen molar-refractivity contribution in [3.8, 4) is 5.75 Å². The molecule has 0 atom stereocenters. The van der Waals surface area contributed by atoms with Gasteiger partial charge in [0, 0.05) is 6.04 Å². The number of para-hydroxylation sites is 1. The summed E-state index contributed by atoms with van der Waals surface area (Å²) in [6.07, 6.45) is 4.92. The highest BCUT2D eigenvalue weighted by atomic mass is 35.5. The van der Waals surface area contributed by atoms with Gasteiger partial charge in [-0.15, -0.1) is 5.10 Å². The molecular formula is C19H26ClN4OS+. The third-order valence-corrected chi connectivity index (χ3v) is 6.12. The van der Waals surface area contributed by atoms with Gasteiger partial charge in [0.15, 0.2) is 12.5 Å². The molecule has 7 heteroatoms. The highest BCUT2D eigenvalue weighted by Crippen LogP contribution is 2.36. The first kappa shape index (κ1) is 18.0. The molecule has 0 amide bonds. The lowest BCUT2D eigenvalue weighted by Gasteiger charge is -2.26. The Bertz CT molecular complexity index is 821. The fraction of sp³-hybridized carbons (Fsp3) is 0.579. The van der Waals surface area contributed by atoms with Crippen molar-refractivity contribution in [3.05, 3.63) is 39.9 Å². The van der Waals surface area contributed by atoms with Gasteiger partial charge in [-0.3, -0.25) is 4.57 Å². The first-order chi connectivity index (χ1) is 12.6. The second-order valence-electron chi connectivity index (χ2n) is 7.61. The van der Waals surface area contributed by atoms with Crippen LogP contribution in [0, 0.1) is 10.7 Å². The van der Waals surface area contributed by atoms with Crippen LogP contribution in [0.15, 0.2) is 24.3 Å². The maximum atomic E-state index is 6.20. The minimum atomic E-state index is 0.392. The number of hydrogen-bond acceptors (Lipinski definition) is 3. The normalized spacial score (nSPS) is 23.2. The Morgan fingerprint density at radius 1 is 1.23 bits per heavy atom. The maximum absolute atomic E-state index is 6.20. The van der Waals surface area contributed by atoms with E-state index in [1.54, 1.807) is 4.90 Å². The number of halogens is 1. The molecule has 5 nitrogen and oxygen atoms in total. The zero-order chi connectivity index (χ0) is 18.1. The molecule has 1 saturated carbocycles. The summed E-state index contributed by atoms with van der Waals surface area (Å²) in [6, 6.07) is 8.03. The second kappa shape index (κ2) is 7.71. The Morgan fingerprint density at radius 2 is 1.96 bits per heavy atom. The van der Waals surface area contributed by atoms with Crippen LogP contribution in [0.4, 0.5) is 0 Å². The maximum Gasteiger partial charge on any atom is 0.203 e. The zero-order valence-corrected chi connectivity index (χ0v) is 16.7. The number of rotatable bonds is 6. The standard InChI is InChI=1S/C19H25ClN4OS/c1-14-8-10-22(11-9-14)13-23-19(26)24(15-6-7-15)18(21-23)12-25-17-5-3-2-4-16(17)20/h2-5,14-15H,6-13H2,1H3/p+1. The molecule has 1 saturated heterocycles. The van der Waals surface area contributed by atoms with Gasteiger partial charge in [0.05, 0.1) is 18.1 Å². The SMILES string of the molecule is CC1CC[NH+](Cn2nc(COc3ccccc3Cl)n(C3CC3)c2=S)CC1. The predicted molar refractivity (Wildman–Crippen MR) is 104 cm³/mol. The van der Waals surface area contributed by atoms with Gasteiger partial charge in [-0.2, -0.15) is 4.68 Å². The lowest BCUT2D eigenvalue weighted by Crippen LogP contribution is -3.12. The Balaban J connectivity index is 1.51. The molecule has 2 fully saturated rings. The van der Waals surface area contributed by atoms with Crippen LogP contribution in [0.25, 0.3) is 0 Å². The Kier molecular flexibility index (Phi) is 5.34. The van der Waals surface area contributed by atoms with Crippen LogP contribution >= 0.6 is 23.8 Å². The molecule has 140 valence electrons. The minimum absolute atomic E-state index is 0.392. The summed E-state index contributed by atoms with van der Waals surface area (Å²) in [5.74, 6) is 2.44. The van der Waals surface area contributed by atoms with Gasteiger partial charge < -0.3 is 9.64 Å². The molecule has 1 aliphatic carbocycles. The molecule has 0 bridgehead atoms. The van der Waals surface area contributed by atoms with Crippen molar-refractivity contribution in [2.24, 2.45) is 5.92 Å². The molecule has 2 aromatic rings. The number of nitrogens with zero attached hydrogens (tertiary/aromatic N) is 3. The lowest BCUT2D eigenvalue weighted by atomic mass is 10.00. The number of aromatic nitrogens is 3. The van der Waals surface area contributed by atoms with Gasteiger partial charge in [0.2, 0.25) is 4.77 Å². The molecule has 4 rings (SSSR count). The first-order valence-electron chi connectivity index (χ1n) is 9.51. The average molecular weight is 394 g/mol. The Labute approximate surface area is 164 Å². The predicted octanol–water partition coefficient (Wildman–Crippen LogP) is 3.25. The Hall–Kier alpha value is -1.37. The molecule has 1 aromatic carbocycles. The number of likely N-dealkylation sites (tertiary alicyclic amines) is 1. The molecule has 2 aliphatic rings. The van der Waals surface area contributed by atoms with Crippen molar-refractivity contribution in [1.82, 2.24) is 14.3 Å². The van der Waals surface area contributed by atoms with Crippen LogP contribution in [-0.4, -0.2) is 27.4 Å². The average Bonchev–Trinajstić information content (AvgIpc) is 3.42. The van der Waals surface area contributed by atoms with E-state index >= 15 is 0 Å².